The summed E-state index contributed by atoms with van der Waals surface area (Å²) in [6.07, 6.45) is 3.91. The zero-order valence-corrected chi connectivity index (χ0v) is 12.5. The Balaban J connectivity index is 2.05. The minimum absolute atomic E-state index is 0.140. The van der Waals surface area contributed by atoms with Gasteiger partial charge >= 0.3 is 0 Å². The van der Waals surface area contributed by atoms with Gasteiger partial charge in [-0.25, -0.2) is 13.1 Å². The van der Waals surface area contributed by atoms with E-state index < -0.39 is 10.0 Å². The molecule has 0 amide bonds. The number of rotatable bonds is 7. The topological polar surface area (TPSA) is 79.3 Å². The van der Waals surface area contributed by atoms with Crippen molar-refractivity contribution in [2.75, 3.05) is 5.75 Å². The first-order chi connectivity index (χ1) is 9.50. The first-order valence-corrected chi connectivity index (χ1v) is 8.73. The highest BCUT2D eigenvalue weighted by molar-refractivity contribution is 7.89. The van der Waals surface area contributed by atoms with Crippen LogP contribution in [0.5, 0.6) is 0 Å². The van der Waals surface area contributed by atoms with Crippen LogP contribution in [0.15, 0.2) is 24.4 Å². The Labute approximate surface area is 120 Å². The van der Waals surface area contributed by atoms with Gasteiger partial charge in [0, 0.05) is 24.4 Å². The van der Waals surface area contributed by atoms with Crippen molar-refractivity contribution >= 4 is 10.0 Å². The van der Waals surface area contributed by atoms with E-state index in [1.165, 1.54) is 0 Å². The standard InChI is InChI=1S/C14H22N2O3S/c1-2-7-20(18,19)16-14(11-8-13(17)9-11)10-12-5-3-4-6-15-12/h3-6,11,13-14,16-17H,2,7-10H2,1H3/t11?,13?,14-/m1/s1. The lowest BCUT2D eigenvalue weighted by molar-refractivity contribution is 0.0282. The molecule has 112 valence electrons. The molecule has 1 aliphatic carbocycles. The van der Waals surface area contributed by atoms with Crippen LogP contribution in [0, 0.1) is 5.92 Å². The zero-order valence-electron chi connectivity index (χ0n) is 11.7. The van der Waals surface area contributed by atoms with Gasteiger partial charge in [0.25, 0.3) is 0 Å². The molecule has 2 N–H and O–H groups in total. The van der Waals surface area contributed by atoms with E-state index in [4.69, 9.17) is 0 Å². The Morgan fingerprint density at radius 1 is 1.45 bits per heavy atom. The molecule has 1 heterocycles. The molecule has 20 heavy (non-hydrogen) atoms. The predicted molar refractivity (Wildman–Crippen MR) is 77.7 cm³/mol. The Hall–Kier alpha value is -0.980. The lowest BCUT2D eigenvalue weighted by Crippen LogP contribution is -2.48. The van der Waals surface area contributed by atoms with Crippen molar-refractivity contribution in [3.63, 3.8) is 0 Å². The second-order valence-corrected chi connectivity index (χ2v) is 7.33. The molecule has 1 aliphatic rings. The minimum atomic E-state index is -3.25. The fraction of sp³-hybridized carbons (Fsp3) is 0.643. The van der Waals surface area contributed by atoms with Crippen molar-refractivity contribution in [1.82, 2.24) is 9.71 Å². The molecule has 1 atom stereocenters. The van der Waals surface area contributed by atoms with Gasteiger partial charge in [0.15, 0.2) is 0 Å². The molecular weight excluding hydrogens is 276 g/mol. The van der Waals surface area contributed by atoms with Crippen LogP contribution < -0.4 is 4.72 Å². The number of hydrogen-bond acceptors (Lipinski definition) is 4. The summed E-state index contributed by atoms with van der Waals surface area (Å²) in [7, 11) is -3.25. The van der Waals surface area contributed by atoms with E-state index in [0.717, 1.165) is 5.69 Å². The predicted octanol–water partition coefficient (Wildman–Crippen LogP) is 1.09. The van der Waals surface area contributed by atoms with Crippen molar-refractivity contribution < 1.29 is 13.5 Å². The van der Waals surface area contributed by atoms with Gasteiger partial charge in [-0.15, -0.1) is 0 Å². The van der Waals surface area contributed by atoms with E-state index in [0.29, 0.717) is 25.7 Å². The molecule has 5 nitrogen and oxygen atoms in total. The van der Waals surface area contributed by atoms with Gasteiger partial charge in [-0.3, -0.25) is 4.98 Å². The van der Waals surface area contributed by atoms with Crippen LogP contribution in [-0.4, -0.2) is 36.4 Å². The number of hydrogen-bond donors (Lipinski definition) is 2. The van der Waals surface area contributed by atoms with Crippen LogP contribution in [0.4, 0.5) is 0 Å². The molecule has 0 spiro atoms. The van der Waals surface area contributed by atoms with Crippen LogP contribution >= 0.6 is 0 Å². The van der Waals surface area contributed by atoms with Crippen LogP contribution in [0.25, 0.3) is 0 Å². The van der Waals surface area contributed by atoms with E-state index in [1.807, 2.05) is 25.1 Å². The van der Waals surface area contributed by atoms with Gasteiger partial charge in [0.1, 0.15) is 0 Å². The van der Waals surface area contributed by atoms with Crippen LogP contribution in [-0.2, 0) is 16.4 Å². The molecule has 1 aromatic heterocycles. The van der Waals surface area contributed by atoms with Crippen LogP contribution in [0.3, 0.4) is 0 Å². The van der Waals surface area contributed by atoms with Crippen molar-refractivity contribution in [3.8, 4) is 0 Å². The average Bonchev–Trinajstić information content (AvgIpc) is 2.35. The largest absolute Gasteiger partial charge is 0.393 e. The molecule has 0 radical (unpaired) electrons. The summed E-state index contributed by atoms with van der Waals surface area (Å²) in [6.45, 7) is 1.85. The summed E-state index contributed by atoms with van der Waals surface area (Å²) < 4.78 is 26.7. The molecular formula is C14H22N2O3S. The summed E-state index contributed by atoms with van der Waals surface area (Å²) in [4.78, 5) is 4.26. The fourth-order valence-electron chi connectivity index (χ4n) is 2.57. The van der Waals surface area contributed by atoms with Gasteiger partial charge in [-0.2, -0.15) is 0 Å². The van der Waals surface area contributed by atoms with Crippen LogP contribution in [0.1, 0.15) is 31.9 Å². The number of nitrogens with one attached hydrogen (secondary N) is 1. The number of nitrogens with zero attached hydrogens (tertiary/aromatic N) is 1. The van der Waals surface area contributed by atoms with E-state index in [-0.39, 0.29) is 23.8 Å². The Bertz CT molecular complexity index is 512. The summed E-state index contributed by atoms with van der Waals surface area (Å²) in [5.74, 6) is 0.333. The van der Waals surface area contributed by atoms with E-state index in [1.54, 1.807) is 6.20 Å². The quantitative estimate of drug-likeness (QED) is 0.790. The molecule has 0 bridgehead atoms. The fourth-order valence-corrected chi connectivity index (χ4v) is 3.96. The average molecular weight is 298 g/mol. The van der Waals surface area contributed by atoms with Gasteiger partial charge in [-0.1, -0.05) is 13.0 Å². The normalized spacial score (nSPS) is 24.1. The van der Waals surface area contributed by atoms with Gasteiger partial charge < -0.3 is 5.11 Å². The second-order valence-electron chi connectivity index (χ2n) is 5.45. The van der Waals surface area contributed by atoms with Gasteiger partial charge in [-0.05, 0) is 37.3 Å². The molecule has 1 aromatic rings. The first-order valence-electron chi connectivity index (χ1n) is 7.08. The van der Waals surface area contributed by atoms with E-state index in [2.05, 4.69) is 9.71 Å². The van der Waals surface area contributed by atoms with Gasteiger partial charge in [0.05, 0.1) is 11.9 Å². The Morgan fingerprint density at radius 3 is 2.75 bits per heavy atom. The van der Waals surface area contributed by atoms with E-state index >= 15 is 0 Å². The lowest BCUT2D eigenvalue weighted by atomic mass is 9.76. The Kier molecular flexibility index (Phi) is 5.12. The first kappa shape index (κ1) is 15.4. The zero-order chi connectivity index (χ0) is 14.6. The third kappa shape index (κ3) is 4.26. The summed E-state index contributed by atoms with van der Waals surface area (Å²) in [5.41, 5.74) is 0.873. The summed E-state index contributed by atoms with van der Waals surface area (Å²) in [6, 6.07) is 5.46. The highest BCUT2D eigenvalue weighted by Gasteiger charge is 2.35. The molecule has 0 saturated heterocycles. The molecule has 1 fully saturated rings. The molecule has 1 saturated carbocycles. The maximum absolute atomic E-state index is 12.0. The number of aromatic nitrogens is 1. The van der Waals surface area contributed by atoms with Crippen molar-refractivity contribution in [1.29, 1.82) is 0 Å². The third-order valence-corrected chi connectivity index (χ3v) is 5.29. The molecule has 0 unspecified atom stereocenters. The molecule has 2 rings (SSSR count). The smallest absolute Gasteiger partial charge is 0.211 e. The molecule has 0 aromatic carbocycles. The Morgan fingerprint density at radius 2 is 2.20 bits per heavy atom. The van der Waals surface area contributed by atoms with Crippen molar-refractivity contribution in [3.05, 3.63) is 30.1 Å². The second kappa shape index (κ2) is 6.65. The highest BCUT2D eigenvalue weighted by Crippen LogP contribution is 2.31. The summed E-state index contributed by atoms with van der Waals surface area (Å²) in [5, 5.41) is 9.44. The van der Waals surface area contributed by atoms with Gasteiger partial charge in [0.2, 0.25) is 10.0 Å². The SMILES string of the molecule is CCCS(=O)(=O)N[C@H](Cc1ccccn1)C1CC(O)C1. The third-order valence-electron chi connectivity index (χ3n) is 3.68. The number of aliphatic hydroxyl groups is 1. The summed E-state index contributed by atoms with van der Waals surface area (Å²) >= 11 is 0. The monoisotopic (exact) mass is 298 g/mol. The molecule has 6 heteroatoms. The van der Waals surface area contributed by atoms with Crippen molar-refractivity contribution in [2.24, 2.45) is 5.92 Å². The lowest BCUT2D eigenvalue weighted by Gasteiger charge is -2.37. The number of sulfonamides is 1. The van der Waals surface area contributed by atoms with Crippen LogP contribution in [0.2, 0.25) is 0 Å². The highest BCUT2D eigenvalue weighted by atomic mass is 32.2. The molecule has 0 aliphatic heterocycles. The van der Waals surface area contributed by atoms with E-state index in [9.17, 15) is 13.5 Å². The minimum Gasteiger partial charge on any atom is -0.393 e. The van der Waals surface area contributed by atoms with Crippen molar-refractivity contribution in [2.45, 2.75) is 44.8 Å². The maximum atomic E-state index is 12.0. The number of pyridine rings is 1. The number of aliphatic hydroxyl groups excluding tert-OH is 1. The maximum Gasteiger partial charge on any atom is 0.211 e.